The first-order valence-corrected chi connectivity index (χ1v) is 10.8. The van der Waals surface area contributed by atoms with Gasteiger partial charge >= 0.3 is 0 Å². The molecule has 2 saturated heterocycles. The molecule has 158 valence electrons. The normalized spacial score (nSPS) is 19.3. The Morgan fingerprint density at radius 2 is 1.67 bits per heavy atom. The molecule has 0 aromatic heterocycles. The van der Waals surface area contributed by atoms with Gasteiger partial charge in [-0.3, -0.25) is 9.59 Å². The summed E-state index contributed by atoms with van der Waals surface area (Å²) in [6, 6.07) is 17.8. The van der Waals surface area contributed by atoms with E-state index in [1.807, 2.05) is 47.4 Å². The van der Waals surface area contributed by atoms with E-state index in [1.54, 1.807) is 4.90 Å². The molecule has 2 aliphatic rings. The van der Waals surface area contributed by atoms with Crippen LogP contribution in [0.1, 0.15) is 19.8 Å². The Kier molecular flexibility index (Phi) is 6.21. The van der Waals surface area contributed by atoms with Gasteiger partial charge in [0.05, 0.1) is 12.5 Å². The smallest absolute Gasteiger partial charge is 0.228 e. The third kappa shape index (κ3) is 4.42. The van der Waals surface area contributed by atoms with E-state index >= 15 is 0 Å². The standard InChI is InChI=1S/C24H29N3O3/c1-2-16-30-22-10-8-21(9-11-22)27-18-19(17-23(27)28)24(29)26-14-12-25(13-15-26)20-6-4-3-5-7-20/h3-11,19H,2,12-18H2,1H3/t19-/m0/s1. The van der Waals surface area contributed by atoms with Crippen LogP contribution in [0.2, 0.25) is 0 Å². The van der Waals surface area contributed by atoms with Crippen LogP contribution in [-0.4, -0.2) is 56.0 Å². The van der Waals surface area contributed by atoms with Gasteiger partial charge in [0.1, 0.15) is 5.75 Å². The molecular formula is C24H29N3O3. The zero-order valence-corrected chi connectivity index (χ0v) is 17.5. The van der Waals surface area contributed by atoms with Gasteiger partial charge in [0.25, 0.3) is 0 Å². The molecule has 2 heterocycles. The number of rotatable bonds is 6. The second-order valence-electron chi connectivity index (χ2n) is 7.90. The highest BCUT2D eigenvalue weighted by Crippen LogP contribution is 2.28. The number of hydrogen-bond donors (Lipinski definition) is 0. The lowest BCUT2D eigenvalue weighted by Crippen LogP contribution is -2.50. The van der Waals surface area contributed by atoms with Gasteiger partial charge in [0, 0.05) is 50.5 Å². The lowest BCUT2D eigenvalue weighted by atomic mass is 10.1. The van der Waals surface area contributed by atoms with Crippen molar-refractivity contribution < 1.29 is 14.3 Å². The Labute approximate surface area is 178 Å². The number of carbonyl (C=O) groups excluding carboxylic acids is 2. The summed E-state index contributed by atoms with van der Waals surface area (Å²) in [5.41, 5.74) is 2.02. The van der Waals surface area contributed by atoms with Gasteiger partial charge in [-0.2, -0.15) is 0 Å². The molecule has 2 fully saturated rings. The van der Waals surface area contributed by atoms with Crippen molar-refractivity contribution in [2.45, 2.75) is 19.8 Å². The van der Waals surface area contributed by atoms with Gasteiger partial charge < -0.3 is 19.4 Å². The van der Waals surface area contributed by atoms with E-state index in [0.717, 1.165) is 30.9 Å². The van der Waals surface area contributed by atoms with Gasteiger partial charge in [-0.25, -0.2) is 0 Å². The van der Waals surface area contributed by atoms with E-state index < -0.39 is 0 Å². The average molecular weight is 408 g/mol. The second-order valence-corrected chi connectivity index (χ2v) is 7.90. The van der Waals surface area contributed by atoms with Crippen molar-refractivity contribution >= 4 is 23.2 Å². The third-order valence-corrected chi connectivity index (χ3v) is 5.81. The van der Waals surface area contributed by atoms with Crippen molar-refractivity contribution in [3.8, 4) is 5.75 Å². The zero-order chi connectivity index (χ0) is 20.9. The predicted octanol–water partition coefficient (Wildman–Crippen LogP) is 3.18. The fourth-order valence-electron chi connectivity index (χ4n) is 4.15. The SMILES string of the molecule is CCCOc1ccc(N2C[C@@H](C(=O)N3CCN(c4ccccc4)CC3)CC2=O)cc1. The lowest BCUT2D eigenvalue weighted by molar-refractivity contribution is -0.136. The number of hydrogen-bond acceptors (Lipinski definition) is 4. The van der Waals surface area contributed by atoms with Gasteiger partial charge in [0.2, 0.25) is 11.8 Å². The first-order valence-electron chi connectivity index (χ1n) is 10.8. The van der Waals surface area contributed by atoms with Crippen molar-refractivity contribution in [3.05, 3.63) is 54.6 Å². The Hall–Kier alpha value is -3.02. The monoisotopic (exact) mass is 407 g/mol. The highest BCUT2D eigenvalue weighted by molar-refractivity contribution is 6.00. The van der Waals surface area contributed by atoms with E-state index in [1.165, 1.54) is 5.69 Å². The molecule has 0 aliphatic carbocycles. The molecule has 0 spiro atoms. The maximum absolute atomic E-state index is 13.0. The summed E-state index contributed by atoms with van der Waals surface area (Å²) in [6.07, 6.45) is 1.24. The molecule has 2 aromatic rings. The summed E-state index contributed by atoms with van der Waals surface area (Å²) >= 11 is 0. The molecule has 30 heavy (non-hydrogen) atoms. The van der Waals surface area contributed by atoms with Crippen LogP contribution >= 0.6 is 0 Å². The Morgan fingerprint density at radius 3 is 2.33 bits per heavy atom. The maximum atomic E-state index is 13.0. The van der Waals surface area contributed by atoms with E-state index in [-0.39, 0.29) is 24.2 Å². The van der Waals surface area contributed by atoms with E-state index in [4.69, 9.17) is 4.74 Å². The van der Waals surface area contributed by atoms with Crippen molar-refractivity contribution in [2.75, 3.05) is 49.1 Å². The second kappa shape index (κ2) is 9.20. The Bertz CT molecular complexity index is 861. The van der Waals surface area contributed by atoms with Crippen LogP contribution in [0.25, 0.3) is 0 Å². The van der Waals surface area contributed by atoms with Gasteiger partial charge in [-0.1, -0.05) is 25.1 Å². The van der Waals surface area contributed by atoms with Crippen molar-refractivity contribution in [3.63, 3.8) is 0 Å². The predicted molar refractivity (Wildman–Crippen MR) is 118 cm³/mol. The minimum atomic E-state index is -0.267. The number of anilines is 2. The summed E-state index contributed by atoms with van der Waals surface area (Å²) in [5, 5.41) is 0. The Balaban J connectivity index is 1.33. The van der Waals surface area contributed by atoms with Crippen LogP contribution in [0.5, 0.6) is 5.75 Å². The number of ether oxygens (including phenoxy) is 1. The highest BCUT2D eigenvalue weighted by Gasteiger charge is 2.37. The number of benzene rings is 2. The van der Waals surface area contributed by atoms with Crippen LogP contribution in [0.15, 0.2) is 54.6 Å². The highest BCUT2D eigenvalue weighted by atomic mass is 16.5. The molecule has 0 unspecified atom stereocenters. The van der Waals surface area contributed by atoms with Crippen molar-refractivity contribution in [2.24, 2.45) is 5.92 Å². The fourth-order valence-corrected chi connectivity index (χ4v) is 4.15. The number of nitrogens with zero attached hydrogens (tertiary/aromatic N) is 3. The molecule has 6 heteroatoms. The maximum Gasteiger partial charge on any atom is 0.228 e. The Morgan fingerprint density at radius 1 is 0.967 bits per heavy atom. The van der Waals surface area contributed by atoms with Crippen LogP contribution in [0.4, 0.5) is 11.4 Å². The molecule has 0 radical (unpaired) electrons. The number of para-hydroxylation sites is 1. The molecule has 0 saturated carbocycles. The van der Waals surface area contributed by atoms with Gasteiger partial charge in [-0.05, 0) is 42.8 Å². The van der Waals surface area contributed by atoms with Crippen molar-refractivity contribution in [1.29, 1.82) is 0 Å². The molecule has 0 N–H and O–H groups in total. The first kappa shape index (κ1) is 20.3. The molecule has 2 aromatic carbocycles. The van der Waals surface area contributed by atoms with Crippen LogP contribution in [0, 0.1) is 5.92 Å². The molecular weight excluding hydrogens is 378 g/mol. The quantitative estimate of drug-likeness (QED) is 0.738. The molecule has 1 atom stereocenters. The van der Waals surface area contributed by atoms with Gasteiger partial charge in [0.15, 0.2) is 0 Å². The topological polar surface area (TPSA) is 53.1 Å². The van der Waals surface area contributed by atoms with Crippen molar-refractivity contribution in [1.82, 2.24) is 4.90 Å². The number of amides is 2. The fraction of sp³-hybridized carbons (Fsp3) is 0.417. The van der Waals surface area contributed by atoms with Crippen LogP contribution in [0.3, 0.4) is 0 Å². The third-order valence-electron chi connectivity index (χ3n) is 5.81. The van der Waals surface area contributed by atoms with Crippen LogP contribution < -0.4 is 14.5 Å². The largest absolute Gasteiger partial charge is 0.494 e. The van der Waals surface area contributed by atoms with E-state index in [9.17, 15) is 9.59 Å². The van der Waals surface area contributed by atoms with E-state index in [2.05, 4.69) is 24.0 Å². The number of piperazine rings is 1. The van der Waals surface area contributed by atoms with Gasteiger partial charge in [-0.15, -0.1) is 0 Å². The molecule has 4 rings (SSSR count). The summed E-state index contributed by atoms with van der Waals surface area (Å²) in [4.78, 5) is 31.6. The van der Waals surface area contributed by atoms with Crippen LogP contribution in [-0.2, 0) is 9.59 Å². The first-order chi connectivity index (χ1) is 14.7. The molecule has 2 aliphatic heterocycles. The molecule has 2 amide bonds. The lowest BCUT2D eigenvalue weighted by Gasteiger charge is -2.37. The summed E-state index contributed by atoms with van der Waals surface area (Å²) in [5.74, 6) is 0.646. The minimum Gasteiger partial charge on any atom is -0.494 e. The molecule has 6 nitrogen and oxygen atoms in total. The summed E-state index contributed by atoms with van der Waals surface area (Å²) < 4.78 is 5.61. The number of carbonyl (C=O) groups is 2. The van der Waals surface area contributed by atoms with E-state index in [0.29, 0.717) is 26.2 Å². The average Bonchev–Trinajstić information content (AvgIpc) is 3.20. The molecule has 0 bridgehead atoms. The summed E-state index contributed by atoms with van der Waals surface area (Å²) in [7, 11) is 0. The minimum absolute atomic E-state index is 0.0125. The summed E-state index contributed by atoms with van der Waals surface area (Å²) in [6.45, 7) is 6.22. The zero-order valence-electron chi connectivity index (χ0n) is 17.5.